The van der Waals surface area contributed by atoms with E-state index in [4.69, 9.17) is 0 Å². The molecule has 0 spiro atoms. The standard InChI is InChI=1S/C17H32N2Si/c1-3-13-18-15-9-8-12-17(15,19-14-4-2)16(20)10-6-5-7-11-16/h3-4,15,18-19H,1-2,5-14H2,20H3. The van der Waals surface area contributed by atoms with E-state index in [0.717, 1.165) is 13.1 Å². The normalized spacial score (nSPS) is 33.1. The molecule has 0 radical (unpaired) electrons. The molecule has 2 saturated carbocycles. The number of hydrogen-bond acceptors (Lipinski definition) is 2. The highest BCUT2D eigenvalue weighted by atomic mass is 28.1. The van der Waals surface area contributed by atoms with Crippen molar-refractivity contribution in [3.8, 4) is 0 Å². The molecule has 0 bridgehead atoms. The Bertz CT molecular complexity index is 336. The Labute approximate surface area is 127 Å². The maximum atomic E-state index is 3.93. The summed E-state index contributed by atoms with van der Waals surface area (Å²) in [5, 5.41) is 8.25. The van der Waals surface area contributed by atoms with Crippen molar-refractivity contribution in [1.29, 1.82) is 0 Å². The van der Waals surface area contributed by atoms with Crippen LogP contribution in [-0.4, -0.2) is 34.9 Å². The van der Waals surface area contributed by atoms with Gasteiger partial charge in [-0.3, -0.25) is 0 Å². The third-order valence-electron chi connectivity index (χ3n) is 5.76. The second-order valence-electron chi connectivity index (χ2n) is 6.90. The van der Waals surface area contributed by atoms with Crippen LogP contribution in [0.3, 0.4) is 0 Å². The summed E-state index contributed by atoms with van der Waals surface area (Å²) in [6.45, 7) is 9.66. The van der Waals surface area contributed by atoms with Gasteiger partial charge in [-0.1, -0.05) is 31.4 Å². The first kappa shape index (κ1) is 16.0. The summed E-state index contributed by atoms with van der Waals surface area (Å²) in [5.74, 6) is 0. The third kappa shape index (κ3) is 2.95. The SMILES string of the molecule is C=CCNC1CCCC1(NCC=C)C1([SiH3])CCCCC1. The van der Waals surface area contributed by atoms with Crippen LogP contribution in [0, 0.1) is 0 Å². The highest BCUT2D eigenvalue weighted by molar-refractivity contribution is 6.16. The first-order chi connectivity index (χ1) is 9.68. The van der Waals surface area contributed by atoms with Crippen LogP contribution >= 0.6 is 0 Å². The zero-order valence-electron chi connectivity index (χ0n) is 13.2. The van der Waals surface area contributed by atoms with Crippen molar-refractivity contribution in [2.24, 2.45) is 0 Å². The lowest BCUT2D eigenvalue weighted by Crippen LogP contribution is -2.64. The van der Waals surface area contributed by atoms with Gasteiger partial charge in [-0.15, -0.1) is 13.2 Å². The molecule has 2 nitrogen and oxygen atoms in total. The minimum Gasteiger partial charge on any atom is -0.309 e. The van der Waals surface area contributed by atoms with Crippen LogP contribution in [0.2, 0.25) is 5.04 Å². The Balaban J connectivity index is 2.22. The van der Waals surface area contributed by atoms with Gasteiger partial charge in [0.1, 0.15) is 0 Å². The molecule has 2 aliphatic rings. The lowest BCUT2D eigenvalue weighted by atomic mass is 9.70. The van der Waals surface area contributed by atoms with Crippen molar-refractivity contribution in [3.05, 3.63) is 25.3 Å². The zero-order chi connectivity index (χ0) is 14.5. The van der Waals surface area contributed by atoms with Crippen LogP contribution in [-0.2, 0) is 0 Å². The maximum Gasteiger partial charge on any atom is 0.0361 e. The molecule has 20 heavy (non-hydrogen) atoms. The number of nitrogens with one attached hydrogen (secondary N) is 2. The Morgan fingerprint density at radius 1 is 1.00 bits per heavy atom. The molecule has 0 aromatic heterocycles. The average molecular weight is 293 g/mol. The molecule has 2 aliphatic carbocycles. The van der Waals surface area contributed by atoms with E-state index in [1.54, 1.807) is 0 Å². The quantitative estimate of drug-likeness (QED) is 0.556. The number of rotatable bonds is 7. The highest BCUT2D eigenvalue weighted by Gasteiger charge is 2.54. The summed E-state index contributed by atoms with van der Waals surface area (Å²) < 4.78 is 0. The fourth-order valence-corrected chi connectivity index (χ4v) is 6.17. The second kappa shape index (κ2) is 7.06. The first-order valence-electron chi connectivity index (χ1n) is 8.39. The predicted molar refractivity (Wildman–Crippen MR) is 92.5 cm³/mol. The molecular formula is C17H32N2Si. The number of hydrogen-bond donors (Lipinski definition) is 2. The molecule has 0 aromatic carbocycles. The molecule has 2 unspecified atom stereocenters. The molecule has 3 heteroatoms. The van der Waals surface area contributed by atoms with Crippen LogP contribution in [0.4, 0.5) is 0 Å². The van der Waals surface area contributed by atoms with E-state index in [2.05, 4.69) is 23.8 Å². The summed E-state index contributed by atoms with van der Waals surface area (Å²) >= 11 is 0. The van der Waals surface area contributed by atoms with Crippen molar-refractivity contribution in [1.82, 2.24) is 10.6 Å². The molecule has 2 rings (SSSR count). The van der Waals surface area contributed by atoms with Gasteiger partial charge in [0.15, 0.2) is 0 Å². The van der Waals surface area contributed by atoms with Gasteiger partial charge >= 0.3 is 0 Å². The Kier molecular flexibility index (Phi) is 5.64. The Hall–Kier alpha value is -0.383. The van der Waals surface area contributed by atoms with Crippen molar-refractivity contribution in [3.63, 3.8) is 0 Å². The van der Waals surface area contributed by atoms with Crippen LogP contribution in [0.15, 0.2) is 25.3 Å². The summed E-state index contributed by atoms with van der Waals surface area (Å²) in [6.07, 6.45) is 15.2. The smallest absolute Gasteiger partial charge is 0.0361 e. The van der Waals surface area contributed by atoms with E-state index >= 15 is 0 Å². The van der Waals surface area contributed by atoms with E-state index in [-0.39, 0.29) is 0 Å². The van der Waals surface area contributed by atoms with Gasteiger partial charge in [0.2, 0.25) is 0 Å². The van der Waals surface area contributed by atoms with Crippen molar-refractivity contribution in [2.75, 3.05) is 13.1 Å². The molecule has 0 aromatic rings. The van der Waals surface area contributed by atoms with Gasteiger partial charge in [0.25, 0.3) is 0 Å². The zero-order valence-corrected chi connectivity index (χ0v) is 15.2. The molecule has 114 valence electrons. The molecule has 2 N–H and O–H groups in total. The lowest BCUT2D eigenvalue weighted by Gasteiger charge is -2.53. The summed E-state index contributed by atoms with van der Waals surface area (Å²) in [5.41, 5.74) is 0.302. The van der Waals surface area contributed by atoms with E-state index < -0.39 is 0 Å². The van der Waals surface area contributed by atoms with Gasteiger partial charge < -0.3 is 10.6 Å². The molecule has 0 aliphatic heterocycles. The Morgan fingerprint density at radius 2 is 1.70 bits per heavy atom. The molecule has 2 atom stereocenters. The summed E-state index contributed by atoms with van der Waals surface area (Å²) in [6, 6.07) is 0.607. The second-order valence-corrected chi connectivity index (χ2v) is 8.82. The van der Waals surface area contributed by atoms with Crippen molar-refractivity contribution < 1.29 is 0 Å². The van der Waals surface area contributed by atoms with Gasteiger partial charge in [-0.05, 0) is 37.1 Å². The minimum atomic E-state index is 0.302. The summed E-state index contributed by atoms with van der Waals surface area (Å²) in [7, 11) is 1.30. The fraction of sp³-hybridized carbons (Fsp3) is 0.765. The largest absolute Gasteiger partial charge is 0.309 e. The molecule has 0 saturated heterocycles. The monoisotopic (exact) mass is 292 g/mol. The molecular weight excluding hydrogens is 260 g/mol. The minimum absolute atomic E-state index is 0.302. The van der Waals surface area contributed by atoms with Crippen molar-refractivity contribution in [2.45, 2.75) is 68.0 Å². The first-order valence-corrected chi connectivity index (χ1v) is 9.39. The predicted octanol–water partition coefficient (Wildman–Crippen LogP) is 2.32. The molecule has 2 fully saturated rings. The molecule has 0 heterocycles. The van der Waals surface area contributed by atoms with E-state index in [9.17, 15) is 0 Å². The maximum absolute atomic E-state index is 3.93. The average Bonchev–Trinajstić information content (AvgIpc) is 2.88. The van der Waals surface area contributed by atoms with E-state index in [0.29, 0.717) is 16.6 Å². The highest BCUT2D eigenvalue weighted by Crippen LogP contribution is 2.55. The van der Waals surface area contributed by atoms with Crippen LogP contribution in [0.25, 0.3) is 0 Å². The van der Waals surface area contributed by atoms with Crippen molar-refractivity contribution >= 4 is 10.2 Å². The van der Waals surface area contributed by atoms with Crippen LogP contribution in [0.1, 0.15) is 51.4 Å². The molecule has 0 amide bonds. The van der Waals surface area contributed by atoms with Crippen LogP contribution < -0.4 is 10.6 Å². The Morgan fingerprint density at radius 3 is 2.35 bits per heavy atom. The van der Waals surface area contributed by atoms with Crippen LogP contribution in [0.5, 0.6) is 0 Å². The third-order valence-corrected chi connectivity index (χ3v) is 7.66. The topological polar surface area (TPSA) is 24.1 Å². The van der Waals surface area contributed by atoms with Gasteiger partial charge in [-0.25, -0.2) is 0 Å². The van der Waals surface area contributed by atoms with E-state index in [1.165, 1.54) is 61.6 Å². The lowest BCUT2D eigenvalue weighted by molar-refractivity contribution is 0.153. The van der Waals surface area contributed by atoms with Gasteiger partial charge in [0.05, 0.1) is 0 Å². The van der Waals surface area contributed by atoms with E-state index in [1.807, 2.05) is 12.2 Å². The van der Waals surface area contributed by atoms with Gasteiger partial charge in [0, 0.05) is 34.9 Å². The van der Waals surface area contributed by atoms with Gasteiger partial charge in [-0.2, -0.15) is 0 Å². The fourth-order valence-electron chi connectivity index (χ4n) is 4.69. The summed E-state index contributed by atoms with van der Waals surface area (Å²) in [4.78, 5) is 0.